The lowest BCUT2D eigenvalue weighted by Crippen LogP contribution is -2.48. The molecule has 0 saturated carbocycles. The van der Waals surface area contributed by atoms with Crippen LogP contribution in [0.3, 0.4) is 0 Å². The molecule has 0 radical (unpaired) electrons. The number of rotatable bonds is 2. The van der Waals surface area contributed by atoms with E-state index in [-0.39, 0.29) is 17.1 Å². The Bertz CT molecular complexity index is 1170. The van der Waals surface area contributed by atoms with Crippen LogP contribution < -0.4 is 15.4 Å². The van der Waals surface area contributed by atoms with Gasteiger partial charge >= 0.3 is 11.8 Å². The van der Waals surface area contributed by atoms with Crippen LogP contribution in [0.2, 0.25) is 0 Å². The number of anilines is 2. The molecule has 1 aromatic heterocycles. The molecule has 0 bridgehead atoms. The highest BCUT2D eigenvalue weighted by atomic mass is 19.4. The highest BCUT2D eigenvalue weighted by molar-refractivity contribution is 5.91. The molecule has 1 aliphatic rings. The second kappa shape index (κ2) is 7.16. The van der Waals surface area contributed by atoms with Crippen molar-refractivity contribution in [2.75, 3.05) is 36.0 Å². The van der Waals surface area contributed by atoms with Gasteiger partial charge in [0.2, 0.25) is 0 Å². The van der Waals surface area contributed by atoms with E-state index in [4.69, 9.17) is 4.42 Å². The first kappa shape index (κ1) is 19.9. The van der Waals surface area contributed by atoms with E-state index in [2.05, 4.69) is 0 Å². The van der Waals surface area contributed by atoms with E-state index in [0.29, 0.717) is 48.5 Å². The number of phenolic OH excluding ortho intramolecular Hbond substituents is 2. The van der Waals surface area contributed by atoms with Gasteiger partial charge in [0.05, 0.1) is 10.9 Å². The van der Waals surface area contributed by atoms with Gasteiger partial charge in [-0.25, -0.2) is 4.79 Å². The van der Waals surface area contributed by atoms with Gasteiger partial charge in [0, 0.05) is 44.0 Å². The molecule has 0 atom stereocenters. The molecule has 3 aromatic rings. The van der Waals surface area contributed by atoms with Gasteiger partial charge in [-0.15, -0.1) is 0 Å². The van der Waals surface area contributed by atoms with Crippen LogP contribution in [0.25, 0.3) is 11.0 Å². The second-order valence-corrected chi connectivity index (χ2v) is 7.22. The molecular weight excluding hydrogens is 401 g/mol. The average molecular weight is 420 g/mol. The van der Waals surface area contributed by atoms with Gasteiger partial charge in [-0.1, -0.05) is 6.07 Å². The van der Waals surface area contributed by atoms with Crippen LogP contribution in [0.5, 0.6) is 11.5 Å². The lowest BCUT2D eigenvalue weighted by atomic mass is 10.1. The topological polar surface area (TPSA) is 77.2 Å². The molecule has 2 N–H and O–H groups in total. The van der Waals surface area contributed by atoms with Crippen molar-refractivity contribution in [1.29, 1.82) is 0 Å². The summed E-state index contributed by atoms with van der Waals surface area (Å²) in [5.74, 6) is -0.417. The van der Waals surface area contributed by atoms with Gasteiger partial charge < -0.3 is 24.4 Å². The molecule has 2 heterocycles. The largest absolute Gasteiger partial charge is 0.508 e. The highest BCUT2D eigenvalue weighted by Gasteiger charge is 2.31. The molecule has 4 rings (SSSR count). The maximum absolute atomic E-state index is 13.0. The number of hydrogen-bond donors (Lipinski definition) is 2. The van der Waals surface area contributed by atoms with E-state index in [1.165, 1.54) is 18.2 Å². The summed E-state index contributed by atoms with van der Waals surface area (Å²) in [5, 5.41) is 20.1. The van der Waals surface area contributed by atoms with Crippen molar-refractivity contribution in [3.63, 3.8) is 0 Å². The smallest absolute Gasteiger partial charge is 0.416 e. The number of aromatic hydroxyl groups is 2. The average Bonchev–Trinajstić information content (AvgIpc) is 2.67. The quantitative estimate of drug-likeness (QED) is 0.614. The summed E-state index contributed by atoms with van der Waals surface area (Å²) in [7, 11) is 0. The van der Waals surface area contributed by atoms with E-state index in [1.807, 2.05) is 4.90 Å². The van der Waals surface area contributed by atoms with E-state index < -0.39 is 17.4 Å². The van der Waals surface area contributed by atoms with Gasteiger partial charge in [0.15, 0.2) is 0 Å². The van der Waals surface area contributed by atoms with Crippen LogP contribution >= 0.6 is 0 Å². The fourth-order valence-corrected chi connectivity index (χ4v) is 3.90. The number of hydrogen-bond acceptors (Lipinski definition) is 6. The molecule has 158 valence electrons. The molecule has 0 spiro atoms. The maximum Gasteiger partial charge on any atom is 0.416 e. The molecule has 0 aliphatic carbocycles. The Balaban J connectivity index is 1.61. The Morgan fingerprint density at radius 3 is 2.33 bits per heavy atom. The Labute approximate surface area is 169 Å². The zero-order valence-electron chi connectivity index (χ0n) is 16.0. The molecule has 0 unspecified atom stereocenters. The molecular formula is C21H19F3N2O4. The molecule has 1 fully saturated rings. The fourth-order valence-electron chi connectivity index (χ4n) is 3.90. The van der Waals surface area contributed by atoms with Crippen molar-refractivity contribution >= 4 is 22.3 Å². The van der Waals surface area contributed by atoms with Crippen molar-refractivity contribution in [2.45, 2.75) is 13.1 Å². The Morgan fingerprint density at radius 1 is 1.00 bits per heavy atom. The molecule has 6 nitrogen and oxygen atoms in total. The Kier molecular flexibility index (Phi) is 4.76. The Hall–Kier alpha value is -3.36. The molecule has 9 heteroatoms. The first-order valence-corrected chi connectivity index (χ1v) is 9.31. The van der Waals surface area contributed by atoms with Crippen LogP contribution in [0.15, 0.2) is 45.6 Å². The van der Waals surface area contributed by atoms with Crippen molar-refractivity contribution in [3.05, 3.63) is 57.9 Å². The van der Waals surface area contributed by atoms with Gasteiger partial charge in [-0.05, 0) is 30.7 Å². The van der Waals surface area contributed by atoms with E-state index in [0.717, 1.165) is 12.1 Å². The van der Waals surface area contributed by atoms with Gasteiger partial charge in [-0.3, -0.25) is 0 Å². The predicted molar refractivity (Wildman–Crippen MR) is 106 cm³/mol. The number of phenols is 2. The lowest BCUT2D eigenvalue weighted by Gasteiger charge is -2.37. The van der Waals surface area contributed by atoms with E-state index >= 15 is 0 Å². The zero-order valence-corrected chi connectivity index (χ0v) is 16.0. The molecule has 1 aliphatic heterocycles. The number of nitrogens with zero attached hydrogens (tertiary/aromatic N) is 2. The van der Waals surface area contributed by atoms with E-state index in [1.54, 1.807) is 17.9 Å². The first-order chi connectivity index (χ1) is 14.1. The summed E-state index contributed by atoms with van der Waals surface area (Å²) in [4.78, 5) is 16.2. The maximum atomic E-state index is 13.0. The molecule has 30 heavy (non-hydrogen) atoms. The van der Waals surface area contributed by atoms with Crippen molar-refractivity contribution in [2.24, 2.45) is 0 Å². The third-order valence-electron chi connectivity index (χ3n) is 5.33. The van der Waals surface area contributed by atoms with Gasteiger partial charge in [-0.2, -0.15) is 13.2 Å². The monoisotopic (exact) mass is 420 g/mol. The molecule has 0 amide bonds. The highest BCUT2D eigenvalue weighted by Crippen LogP contribution is 2.35. The standard InChI is InChI=1S/C21H19F3N2O4/c1-12-18-16(28)10-15(27)11-17(18)30-20(29)19(12)26-7-5-25(6-8-26)14-4-2-3-13(9-14)21(22,23)24/h2-4,9-11,27-28H,5-8H2,1H3. The van der Waals surface area contributed by atoms with Crippen LogP contribution in [0.4, 0.5) is 24.5 Å². The predicted octanol–water partition coefficient (Wildman–Crippen LogP) is 3.86. The summed E-state index contributed by atoms with van der Waals surface area (Å²) in [6.45, 7) is 3.31. The number of fused-ring (bicyclic) bond motifs is 1. The summed E-state index contributed by atoms with van der Waals surface area (Å²) >= 11 is 0. The van der Waals surface area contributed by atoms with Gasteiger partial charge in [0.1, 0.15) is 22.8 Å². The summed E-state index contributed by atoms with van der Waals surface area (Å²) < 4.78 is 44.3. The van der Waals surface area contributed by atoms with Crippen molar-refractivity contribution in [3.8, 4) is 11.5 Å². The first-order valence-electron chi connectivity index (χ1n) is 9.31. The van der Waals surface area contributed by atoms with Crippen LogP contribution in [-0.4, -0.2) is 36.4 Å². The lowest BCUT2D eigenvalue weighted by molar-refractivity contribution is -0.137. The summed E-state index contributed by atoms with van der Waals surface area (Å²) in [6, 6.07) is 7.60. The molecule has 1 saturated heterocycles. The zero-order chi connectivity index (χ0) is 21.6. The van der Waals surface area contributed by atoms with E-state index in [9.17, 15) is 28.2 Å². The third-order valence-corrected chi connectivity index (χ3v) is 5.33. The number of alkyl halides is 3. The van der Waals surface area contributed by atoms with Gasteiger partial charge in [0.25, 0.3) is 0 Å². The minimum absolute atomic E-state index is 0.0846. The fraction of sp³-hybridized carbons (Fsp3) is 0.286. The third kappa shape index (κ3) is 3.51. The number of aryl methyl sites for hydroxylation is 1. The number of halogens is 3. The summed E-state index contributed by atoms with van der Waals surface area (Å²) in [6.07, 6.45) is -4.41. The summed E-state index contributed by atoms with van der Waals surface area (Å²) in [5.41, 5.74) is 0.0735. The van der Waals surface area contributed by atoms with Crippen LogP contribution in [0.1, 0.15) is 11.1 Å². The second-order valence-electron chi connectivity index (χ2n) is 7.22. The number of benzene rings is 2. The minimum Gasteiger partial charge on any atom is -0.508 e. The Morgan fingerprint density at radius 2 is 1.67 bits per heavy atom. The van der Waals surface area contributed by atoms with Crippen molar-refractivity contribution < 1.29 is 27.8 Å². The SMILES string of the molecule is Cc1c(N2CCN(c3cccc(C(F)(F)F)c3)CC2)c(=O)oc2cc(O)cc(O)c12. The van der Waals surface area contributed by atoms with Crippen LogP contribution in [-0.2, 0) is 6.18 Å². The normalized spacial score (nSPS) is 15.1. The minimum atomic E-state index is -4.41. The van der Waals surface area contributed by atoms with Crippen molar-refractivity contribution in [1.82, 2.24) is 0 Å². The number of piperazine rings is 1. The molecule has 2 aromatic carbocycles. The van der Waals surface area contributed by atoms with Crippen LogP contribution in [0, 0.1) is 6.92 Å².